The molecule has 7 nitrogen and oxygen atoms in total. The van der Waals surface area contributed by atoms with E-state index in [1.807, 2.05) is 24.3 Å². The van der Waals surface area contributed by atoms with Gasteiger partial charge < -0.3 is 23.9 Å². The van der Waals surface area contributed by atoms with E-state index in [-0.39, 0.29) is 16.8 Å². The van der Waals surface area contributed by atoms with Crippen molar-refractivity contribution < 1.29 is 23.4 Å². The predicted molar refractivity (Wildman–Crippen MR) is 141 cm³/mol. The lowest BCUT2D eigenvalue weighted by Gasteiger charge is -2.19. The summed E-state index contributed by atoms with van der Waals surface area (Å²) in [5.41, 5.74) is 3.02. The molecule has 1 heterocycles. The Morgan fingerprint density at radius 3 is 2.03 bits per heavy atom. The van der Waals surface area contributed by atoms with Crippen LogP contribution in [0, 0.1) is 0 Å². The Morgan fingerprint density at radius 2 is 1.47 bits per heavy atom. The van der Waals surface area contributed by atoms with Crippen molar-refractivity contribution in [1.29, 1.82) is 0 Å². The number of carbonyl (C=O) groups is 1. The lowest BCUT2D eigenvalue weighted by atomic mass is 9.86. The first kappa shape index (κ1) is 24.9. The number of amides is 1. The second-order valence-corrected chi connectivity index (χ2v) is 9.38. The summed E-state index contributed by atoms with van der Waals surface area (Å²) in [7, 11) is 4.47. The first-order chi connectivity index (χ1) is 17.1. The van der Waals surface area contributed by atoms with Crippen molar-refractivity contribution in [2.75, 3.05) is 26.6 Å². The minimum atomic E-state index is -0.384. The molecule has 186 valence electrons. The minimum absolute atomic E-state index is 0.0216. The summed E-state index contributed by atoms with van der Waals surface area (Å²) in [5, 5.41) is 3.27. The largest absolute Gasteiger partial charge is 0.493 e. The maximum atomic E-state index is 13.0. The number of hydrogen-bond acceptors (Lipinski definition) is 6. The number of benzene rings is 3. The zero-order valence-electron chi connectivity index (χ0n) is 21.2. The van der Waals surface area contributed by atoms with Crippen LogP contribution in [0.15, 0.2) is 69.9 Å². The zero-order chi connectivity index (χ0) is 26.0. The minimum Gasteiger partial charge on any atom is -0.493 e. The third-order valence-electron chi connectivity index (χ3n) is 5.95. The molecule has 0 unspecified atom stereocenters. The second-order valence-electron chi connectivity index (χ2n) is 9.38. The molecule has 3 aromatic carbocycles. The van der Waals surface area contributed by atoms with E-state index < -0.39 is 0 Å². The number of fused-ring (bicyclic) bond motifs is 1. The van der Waals surface area contributed by atoms with Gasteiger partial charge in [0, 0.05) is 28.9 Å². The van der Waals surface area contributed by atoms with Gasteiger partial charge >= 0.3 is 0 Å². The van der Waals surface area contributed by atoms with Crippen molar-refractivity contribution in [2.24, 2.45) is 0 Å². The monoisotopic (exact) mass is 487 g/mol. The molecule has 1 aromatic heterocycles. The molecule has 0 saturated carbocycles. The predicted octanol–water partition coefficient (Wildman–Crippen LogP) is 6.04. The number of hydrogen-bond donors (Lipinski definition) is 1. The van der Waals surface area contributed by atoms with Crippen LogP contribution in [0.5, 0.6) is 17.2 Å². The molecule has 4 aromatic rings. The Bertz CT molecular complexity index is 1450. The number of carbonyl (C=O) groups excluding carboxylic acids is 1. The first-order valence-corrected chi connectivity index (χ1v) is 11.4. The van der Waals surface area contributed by atoms with E-state index in [1.54, 1.807) is 30.3 Å². The normalized spacial score (nSPS) is 11.3. The van der Waals surface area contributed by atoms with Crippen LogP contribution in [0.25, 0.3) is 22.3 Å². The van der Waals surface area contributed by atoms with E-state index in [4.69, 9.17) is 18.6 Å². The third kappa shape index (κ3) is 4.91. The topological polar surface area (TPSA) is 87.0 Å². The molecular formula is C29H29NO6. The summed E-state index contributed by atoms with van der Waals surface area (Å²) in [6.45, 7) is 6.43. The molecule has 0 bridgehead atoms. The molecule has 0 aliphatic carbocycles. The molecule has 0 radical (unpaired) electrons. The third-order valence-corrected chi connectivity index (χ3v) is 5.95. The second kappa shape index (κ2) is 9.77. The molecule has 1 N–H and O–H groups in total. The van der Waals surface area contributed by atoms with Crippen LogP contribution < -0.4 is 25.0 Å². The fraction of sp³-hybridized carbons (Fsp3) is 0.241. The number of methoxy groups -OCH3 is 3. The molecule has 7 heteroatoms. The van der Waals surface area contributed by atoms with Crippen molar-refractivity contribution >= 4 is 22.6 Å². The van der Waals surface area contributed by atoms with Gasteiger partial charge in [-0.1, -0.05) is 45.0 Å². The average Bonchev–Trinajstić information content (AvgIpc) is 2.87. The van der Waals surface area contributed by atoms with Crippen molar-refractivity contribution in [3.63, 3.8) is 0 Å². The summed E-state index contributed by atoms with van der Waals surface area (Å²) in [4.78, 5) is 25.8. The van der Waals surface area contributed by atoms with Gasteiger partial charge in [0.15, 0.2) is 16.9 Å². The highest BCUT2D eigenvalue weighted by Crippen LogP contribution is 2.38. The summed E-state index contributed by atoms with van der Waals surface area (Å²) < 4.78 is 22.1. The van der Waals surface area contributed by atoms with Gasteiger partial charge in [0.05, 0.1) is 26.7 Å². The molecule has 0 fully saturated rings. The lowest BCUT2D eigenvalue weighted by Crippen LogP contribution is -2.13. The van der Waals surface area contributed by atoms with E-state index in [9.17, 15) is 9.59 Å². The van der Waals surface area contributed by atoms with Crippen LogP contribution in [0.2, 0.25) is 0 Å². The van der Waals surface area contributed by atoms with Crippen molar-refractivity contribution in [1.82, 2.24) is 0 Å². The van der Waals surface area contributed by atoms with Crippen LogP contribution in [-0.4, -0.2) is 27.2 Å². The van der Waals surface area contributed by atoms with E-state index >= 15 is 0 Å². The van der Waals surface area contributed by atoms with Gasteiger partial charge in [-0.3, -0.25) is 9.59 Å². The van der Waals surface area contributed by atoms with E-state index in [0.29, 0.717) is 45.2 Å². The Kier molecular flexibility index (Phi) is 6.75. The van der Waals surface area contributed by atoms with Gasteiger partial charge in [0.2, 0.25) is 5.75 Å². The summed E-state index contributed by atoms with van der Waals surface area (Å²) in [6.07, 6.45) is 0. The Hall–Kier alpha value is -4.26. The molecule has 0 aliphatic rings. The molecular weight excluding hydrogens is 458 g/mol. The highest BCUT2D eigenvalue weighted by Gasteiger charge is 2.18. The molecule has 4 rings (SSSR count). The van der Waals surface area contributed by atoms with Gasteiger partial charge in [0.25, 0.3) is 5.91 Å². The fourth-order valence-electron chi connectivity index (χ4n) is 3.93. The van der Waals surface area contributed by atoms with Gasteiger partial charge in [-0.15, -0.1) is 0 Å². The van der Waals surface area contributed by atoms with Gasteiger partial charge in [-0.2, -0.15) is 0 Å². The molecule has 0 spiro atoms. The lowest BCUT2D eigenvalue weighted by molar-refractivity contribution is 0.102. The van der Waals surface area contributed by atoms with Crippen LogP contribution >= 0.6 is 0 Å². The molecule has 1 amide bonds. The smallest absolute Gasteiger partial charge is 0.255 e. The molecule has 0 aliphatic heterocycles. The van der Waals surface area contributed by atoms with Crippen LogP contribution in [0.3, 0.4) is 0 Å². The number of ether oxygens (including phenoxy) is 3. The highest BCUT2D eigenvalue weighted by atomic mass is 16.5. The first-order valence-electron chi connectivity index (χ1n) is 11.4. The van der Waals surface area contributed by atoms with Crippen molar-refractivity contribution in [3.8, 4) is 28.6 Å². The maximum absolute atomic E-state index is 13.0. The van der Waals surface area contributed by atoms with Crippen molar-refractivity contribution in [2.45, 2.75) is 26.2 Å². The van der Waals surface area contributed by atoms with E-state index in [1.165, 1.54) is 33.0 Å². The Labute approximate surface area is 209 Å². The molecule has 0 saturated heterocycles. The average molecular weight is 488 g/mol. The number of rotatable bonds is 6. The molecule has 36 heavy (non-hydrogen) atoms. The highest BCUT2D eigenvalue weighted by molar-refractivity contribution is 6.05. The zero-order valence-corrected chi connectivity index (χ0v) is 21.2. The Morgan fingerprint density at radius 1 is 0.833 bits per heavy atom. The maximum Gasteiger partial charge on any atom is 0.255 e. The number of nitrogens with one attached hydrogen (secondary N) is 1. The van der Waals surface area contributed by atoms with Crippen LogP contribution in [-0.2, 0) is 5.41 Å². The summed E-state index contributed by atoms with van der Waals surface area (Å²) in [6, 6.07) is 17.5. The SMILES string of the molecule is COc1cc(C(=O)Nc2ccc3c(=O)cc(-c4ccc(C(C)(C)C)cc4)oc3c2)cc(OC)c1OC. The van der Waals surface area contributed by atoms with Crippen molar-refractivity contribution in [3.05, 3.63) is 82.0 Å². The summed E-state index contributed by atoms with van der Waals surface area (Å²) >= 11 is 0. The van der Waals surface area contributed by atoms with Crippen LogP contribution in [0.1, 0.15) is 36.7 Å². The van der Waals surface area contributed by atoms with Crippen LogP contribution in [0.4, 0.5) is 5.69 Å². The Balaban J connectivity index is 1.67. The quantitative estimate of drug-likeness (QED) is 0.357. The fourth-order valence-corrected chi connectivity index (χ4v) is 3.93. The summed E-state index contributed by atoms with van der Waals surface area (Å²) in [5.74, 6) is 1.21. The van der Waals surface area contributed by atoms with E-state index in [2.05, 4.69) is 26.1 Å². The van der Waals surface area contributed by atoms with Gasteiger partial charge in [0.1, 0.15) is 11.3 Å². The van der Waals surface area contributed by atoms with Gasteiger partial charge in [-0.25, -0.2) is 0 Å². The standard InChI is InChI=1S/C29H29NO6/c1-29(2,3)19-9-7-17(8-10-19)23-16-22(31)21-12-11-20(15-24(21)36-23)30-28(32)18-13-25(33-4)27(35-6)26(14-18)34-5/h7-16H,1-6H3,(H,30,32). The number of anilines is 1. The van der Waals surface area contributed by atoms with Gasteiger partial charge in [-0.05, 0) is 35.2 Å². The molecule has 0 atom stereocenters. The van der Waals surface area contributed by atoms with E-state index in [0.717, 1.165) is 5.56 Å².